The van der Waals surface area contributed by atoms with Crippen LogP contribution in [0.4, 0.5) is 13.2 Å². The molecule has 2 rings (SSSR count). The van der Waals surface area contributed by atoms with Gasteiger partial charge >= 0.3 is 18.1 Å². The summed E-state index contributed by atoms with van der Waals surface area (Å²) < 4.78 is 36.5. The number of rotatable bonds is 3. The quantitative estimate of drug-likeness (QED) is 0.753. The number of ether oxygens (including phenoxy) is 1. The Morgan fingerprint density at radius 1 is 1.35 bits per heavy atom. The normalized spacial score (nSPS) is 25.4. The third kappa shape index (κ3) is 7.17. The number of carbonyl (C=O) groups is 2. The van der Waals surface area contributed by atoms with Crippen LogP contribution in [0.2, 0.25) is 0 Å². The van der Waals surface area contributed by atoms with E-state index < -0.39 is 12.1 Å². The predicted octanol–water partition coefficient (Wildman–Crippen LogP) is 1.26. The van der Waals surface area contributed by atoms with Gasteiger partial charge < -0.3 is 15.2 Å². The van der Waals surface area contributed by atoms with Crippen LogP contribution in [-0.4, -0.2) is 67.5 Å². The number of carbonyl (C=O) groups excluding carboxylic acids is 1. The molecule has 2 aliphatic heterocycles. The third-order valence-corrected chi connectivity index (χ3v) is 4.03. The standard InChI is InChI=1S/C12H22N2O2.C2HF3O2/c1-16-12(15)7-10-4-6-14(9-10)11-3-2-5-13-8-11;3-2(4,5)1(6)7/h10-11,13H,2-9H2,1H3;(H,6,7)/t10-,11?;/m0./s1. The summed E-state index contributed by atoms with van der Waals surface area (Å²) >= 11 is 0. The first-order chi connectivity index (χ1) is 10.7. The first kappa shape index (κ1) is 19.7. The Labute approximate surface area is 133 Å². The summed E-state index contributed by atoms with van der Waals surface area (Å²) in [6.45, 7) is 4.50. The number of hydrogen-bond donors (Lipinski definition) is 2. The summed E-state index contributed by atoms with van der Waals surface area (Å²) in [6, 6.07) is 0.691. The van der Waals surface area contributed by atoms with E-state index in [4.69, 9.17) is 14.6 Å². The highest BCUT2D eigenvalue weighted by atomic mass is 19.4. The van der Waals surface area contributed by atoms with Crippen molar-refractivity contribution in [2.24, 2.45) is 5.92 Å². The van der Waals surface area contributed by atoms with Gasteiger partial charge in [-0.05, 0) is 38.3 Å². The van der Waals surface area contributed by atoms with E-state index in [1.54, 1.807) is 0 Å². The number of likely N-dealkylation sites (tertiary alicyclic amines) is 1. The number of nitrogens with one attached hydrogen (secondary N) is 1. The molecular formula is C14H23F3N2O4. The second-order valence-electron chi connectivity index (χ2n) is 5.73. The van der Waals surface area contributed by atoms with Crippen molar-refractivity contribution in [3.05, 3.63) is 0 Å². The molecule has 2 saturated heterocycles. The van der Waals surface area contributed by atoms with Gasteiger partial charge in [-0.15, -0.1) is 0 Å². The van der Waals surface area contributed by atoms with Gasteiger partial charge in [-0.2, -0.15) is 13.2 Å². The maximum atomic E-state index is 11.2. The lowest BCUT2D eigenvalue weighted by Crippen LogP contribution is -2.44. The van der Waals surface area contributed by atoms with E-state index in [0.717, 1.165) is 32.6 Å². The summed E-state index contributed by atoms with van der Waals surface area (Å²) in [4.78, 5) is 22.6. The van der Waals surface area contributed by atoms with Crippen molar-refractivity contribution >= 4 is 11.9 Å². The molecule has 2 N–H and O–H groups in total. The van der Waals surface area contributed by atoms with Gasteiger partial charge in [0, 0.05) is 25.6 Å². The average Bonchev–Trinajstić information content (AvgIpc) is 2.96. The highest BCUT2D eigenvalue weighted by molar-refractivity contribution is 5.73. The Bertz CT molecular complexity index is 398. The van der Waals surface area contributed by atoms with E-state index in [9.17, 15) is 18.0 Å². The van der Waals surface area contributed by atoms with Gasteiger partial charge in [0.1, 0.15) is 0 Å². The van der Waals surface area contributed by atoms with E-state index in [0.29, 0.717) is 18.4 Å². The van der Waals surface area contributed by atoms with E-state index in [2.05, 4.69) is 10.2 Å². The highest BCUT2D eigenvalue weighted by Crippen LogP contribution is 2.24. The van der Waals surface area contributed by atoms with E-state index in [-0.39, 0.29) is 5.97 Å². The molecule has 9 heteroatoms. The van der Waals surface area contributed by atoms with Crippen LogP contribution in [0.3, 0.4) is 0 Å². The summed E-state index contributed by atoms with van der Waals surface area (Å²) in [7, 11) is 1.47. The van der Waals surface area contributed by atoms with Crippen molar-refractivity contribution in [1.29, 1.82) is 0 Å². The fraction of sp³-hybridized carbons (Fsp3) is 0.857. The maximum Gasteiger partial charge on any atom is 0.490 e. The second-order valence-corrected chi connectivity index (χ2v) is 5.73. The van der Waals surface area contributed by atoms with Gasteiger partial charge in [-0.25, -0.2) is 4.79 Å². The Hall–Kier alpha value is -1.35. The lowest BCUT2D eigenvalue weighted by molar-refractivity contribution is -0.192. The number of aliphatic carboxylic acids is 1. The number of nitrogens with zero attached hydrogens (tertiary/aromatic N) is 1. The van der Waals surface area contributed by atoms with Gasteiger partial charge in [0.05, 0.1) is 7.11 Å². The van der Waals surface area contributed by atoms with Crippen molar-refractivity contribution < 1.29 is 32.6 Å². The number of carboxylic acids is 1. The smallest absolute Gasteiger partial charge is 0.475 e. The molecule has 0 bridgehead atoms. The Kier molecular flexibility index (Phi) is 7.77. The number of piperidine rings is 1. The minimum atomic E-state index is -5.08. The SMILES string of the molecule is COC(=O)C[C@@H]1CCN(C2CCCNC2)C1.O=C(O)C(F)(F)F. The Morgan fingerprint density at radius 3 is 2.48 bits per heavy atom. The number of alkyl halides is 3. The number of hydrogen-bond acceptors (Lipinski definition) is 5. The summed E-state index contributed by atoms with van der Waals surface area (Å²) in [5.74, 6) is -2.31. The molecule has 0 spiro atoms. The van der Waals surface area contributed by atoms with E-state index in [1.807, 2.05) is 0 Å². The molecule has 0 aliphatic carbocycles. The molecule has 2 aliphatic rings. The van der Waals surface area contributed by atoms with Gasteiger partial charge in [-0.1, -0.05) is 0 Å². The van der Waals surface area contributed by atoms with Crippen LogP contribution >= 0.6 is 0 Å². The zero-order valence-corrected chi connectivity index (χ0v) is 13.1. The summed E-state index contributed by atoms with van der Waals surface area (Å²) in [5.41, 5.74) is 0. The maximum absolute atomic E-state index is 11.2. The van der Waals surface area contributed by atoms with E-state index >= 15 is 0 Å². The molecule has 0 saturated carbocycles. The molecule has 0 aromatic rings. The number of halogens is 3. The molecule has 6 nitrogen and oxygen atoms in total. The van der Waals surface area contributed by atoms with Gasteiger partial charge in [0.15, 0.2) is 0 Å². The Morgan fingerprint density at radius 2 is 2.00 bits per heavy atom. The minimum absolute atomic E-state index is 0.0615. The van der Waals surface area contributed by atoms with Crippen LogP contribution in [0.1, 0.15) is 25.7 Å². The van der Waals surface area contributed by atoms with Crippen LogP contribution in [0, 0.1) is 5.92 Å². The van der Waals surface area contributed by atoms with Crippen LogP contribution in [-0.2, 0) is 14.3 Å². The minimum Gasteiger partial charge on any atom is -0.475 e. The molecule has 2 heterocycles. The summed E-state index contributed by atoms with van der Waals surface area (Å²) in [6.07, 6.45) is -0.764. The summed E-state index contributed by atoms with van der Waals surface area (Å²) in [5, 5.41) is 10.6. The zero-order valence-electron chi connectivity index (χ0n) is 13.1. The molecule has 2 fully saturated rings. The highest BCUT2D eigenvalue weighted by Gasteiger charge is 2.38. The number of methoxy groups -OCH3 is 1. The van der Waals surface area contributed by atoms with E-state index in [1.165, 1.54) is 20.0 Å². The fourth-order valence-corrected chi connectivity index (χ4v) is 2.83. The molecule has 134 valence electrons. The Balaban J connectivity index is 0.000000322. The third-order valence-electron chi connectivity index (χ3n) is 4.03. The lowest BCUT2D eigenvalue weighted by Gasteiger charge is -2.31. The second kappa shape index (κ2) is 9.07. The molecule has 0 aromatic heterocycles. The van der Waals surface area contributed by atoms with Crippen molar-refractivity contribution in [3.8, 4) is 0 Å². The van der Waals surface area contributed by atoms with Gasteiger partial charge in [0.25, 0.3) is 0 Å². The average molecular weight is 340 g/mol. The molecule has 0 amide bonds. The molecule has 1 unspecified atom stereocenters. The first-order valence-electron chi connectivity index (χ1n) is 7.55. The van der Waals surface area contributed by atoms with Crippen LogP contribution < -0.4 is 5.32 Å². The van der Waals surface area contributed by atoms with Crippen molar-refractivity contribution in [3.63, 3.8) is 0 Å². The molecule has 23 heavy (non-hydrogen) atoms. The monoisotopic (exact) mass is 340 g/mol. The van der Waals surface area contributed by atoms with Crippen molar-refractivity contribution in [2.75, 3.05) is 33.3 Å². The van der Waals surface area contributed by atoms with Crippen LogP contribution in [0.5, 0.6) is 0 Å². The largest absolute Gasteiger partial charge is 0.490 e. The number of esters is 1. The van der Waals surface area contributed by atoms with Crippen LogP contribution in [0.15, 0.2) is 0 Å². The van der Waals surface area contributed by atoms with Crippen LogP contribution in [0.25, 0.3) is 0 Å². The molecule has 0 aromatic carbocycles. The fourth-order valence-electron chi connectivity index (χ4n) is 2.83. The van der Waals surface area contributed by atoms with Crippen molar-refractivity contribution in [1.82, 2.24) is 10.2 Å². The van der Waals surface area contributed by atoms with Gasteiger partial charge in [-0.3, -0.25) is 9.69 Å². The molecular weight excluding hydrogens is 317 g/mol. The first-order valence-corrected chi connectivity index (χ1v) is 7.55. The van der Waals surface area contributed by atoms with Gasteiger partial charge in [0.2, 0.25) is 0 Å². The molecule has 2 atom stereocenters. The van der Waals surface area contributed by atoms with Crippen molar-refractivity contribution in [2.45, 2.75) is 37.9 Å². The topological polar surface area (TPSA) is 78.9 Å². The zero-order chi connectivity index (χ0) is 17.5. The predicted molar refractivity (Wildman–Crippen MR) is 75.9 cm³/mol. The molecule has 0 radical (unpaired) electrons. The lowest BCUT2D eigenvalue weighted by atomic mass is 10.0. The number of carboxylic acid groups (broad SMARTS) is 1.